The average molecular weight is 338 g/mol. The second kappa shape index (κ2) is 8.74. The van der Waals surface area contributed by atoms with Crippen molar-refractivity contribution in [3.8, 4) is 17.6 Å². The number of ether oxygens (including phenoxy) is 2. The lowest BCUT2D eigenvalue weighted by atomic mass is 10.1. The van der Waals surface area contributed by atoms with E-state index in [0.29, 0.717) is 40.8 Å². The van der Waals surface area contributed by atoms with Gasteiger partial charge in [0.05, 0.1) is 25.3 Å². The fourth-order valence-corrected chi connectivity index (χ4v) is 2.20. The lowest BCUT2D eigenvalue weighted by molar-refractivity contribution is 0.102. The zero-order valence-corrected chi connectivity index (χ0v) is 14.7. The van der Waals surface area contributed by atoms with E-state index in [9.17, 15) is 4.79 Å². The van der Waals surface area contributed by atoms with Crippen LogP contribution in [0.4, 0.5) is 5.69 Å². The number of hydrogen-bond acceptors (Lipinski definition) is 4. The van der Waals surface area contributed by atoms with Crippen LogP contribution >= 0.6 is 0 Å². The molecule has 0 aliphatic heterocycles. The van der Waals surface area contributed by atoms with E-state index in [2.05, 4.69) is 19.2 Å². The van der Waals surface area contributed by atoms with Gasteiger partial charge >= 0.3 is 0 Å². The molecule has 0 spiro atoms. The summed E-state index contributed by atoms with van der Waals surface area (Å²) in [6, 6.07) is 13.9. The van der Waals surface area contributed by atoms with Crippen LogP contribution in [0.3, 0.4) is 0 Å². The number of hydrogen-bond donors (Lipinski definition) is 1. The molecule has 1 amide bonds. The summed E-state index contributed by atoms with van der Waals surface area (Å²) in [6.45, 7) is 4.87. The highest BCUT2D eigenvalue weighted by molar-refractivity contribution is 6.04. The summed E-state index contributed by atoms with van der Waals surface area (Å²) >= 11 is 0. The monoisotopic (exact) mass is 338 g/mol. The van der Waals surface area contributed by atoms with Crippen LogP contribution in [0.2, 0.25) is 0 Å². The summed E-state index contributed by atoms with van der Waals surface area (Å²) in [4.78, 5) is 12.4. The smallest absolute Gasteiger partial charge is 0.255 e. The summed E-state index contributed by atoms with van der Waals surface area (Å²) in [7, 11) is 1.54. The van der Waals surface area contributed by atoms with Crippen LogP contribution in [0.15, 0.2) is 42.5 Å². The first kappa shape index (κ1) is 18.3. The maximum atomic E-state index is 12.4. The van der Waals surface area contributed by atoms with Crippen LogP contribution in [0, 0.1) is 17.2 Å². The van der Waals surface area contributed by atoms with Gasteiger partial charge in [-0.2, -0.15) is 5.26 Å². The second-order valence-electron chi connectivity index (χ2n) is 6.04. The van der Waals surface area contributed by atoms with Crippen molar-refractivity contribution in [2.75, 3.05) is 19.0 Å². The van der Waals surface area contributed by atoms with Gasteiger partial charge in [-0.25, -0.2) is 0 Å². The summed E-state index contributed by atoms with van der Waals surface area (Å²) in [6.07, 6.45) is 0.945. The molecule has 0 saturated heterocycles. The molecule has 130 valence electrons. The quantitative estimate of drug-likeness (QED) is 0.819. The third-order valence-corrected chi connectivity index (χ3v) is 3.63. The van der Waals surface area contributed by atoms with Gasteiger partial charge in [-0.3, -0.25) is 4.79 Å². The third kappa shape index (κ3) is 5.25. The summed E-state index contributed by atoms with van der Waals surface area (Å²) in [5.41, 5.74) is 1.51. The number of amides is 1. The number of rotatable bonds is 7. The molecule has 5 heteroatoms. The van der Waals surface area contributed by atoms with Gasteiger partial charge in [0.25, 0.3) is 5.91 Å². The predicted octanol–water partition coefficient (Wildman–Crippen LogP) is 4.24. The van der Waals surface area contributed by atoms with Crippen molar-refractivity contribution in [2.24, 2.45) is 5.92 Å². The number of methoxy groups -OCH3 is 1. The van der Waals surface area contributed by atoms with Gasteiger partial charge in [0, 0.05) is 11.3 Å². The van der Waals surface area contributed by atoms with Crippen LogP contribution in [-0.2, 0) is 0 Å². The molecular formula is C20H22N2O3. The van der Waals surface area contributed by atoms with Gasteiger partial charge in [-0.1, -0.05) is 19.9 Å². The number of nitrogens with one attached hydrogen (secondary N) is 1. The SMILES string of the molecule is COc1cc(C(=O)Nc2cccc(C#N)c2)ccc1OCCC(C)C. The lowest BCUT2D eigenvalue weighted by Crippen LogP contribution is -2.12. The Kier molecular flexibility index (Phi) is 6.41. The minimum absolute atomic E-state index is 0.276. The Morgan fingerprint density at radius 2 is 2.00 bits per heavy atom. The van der Waals surface area contributed by atoms with Crippen molar-refractivity contribution in [3.05, 3.63) is 53.6 Å². The predicted molar refractivity (Wildman–Crippen MR) is 97.1 cm³/mol. The van der Waals surface area contributed by atoms with E-state index in [1.165, 1.54) is 0 Å². The van der Waals surface area contributed by atoms with E-state index in [1.54, 1.807) is 49.6 Å². The fraction of sp³-hybridized carbons (Fsp3) is 0.300. The fourth-order valence-electron chi connectivity index (χ4n) is 2.20. The Balaban J connectivity index is 2.10. The molecule has 0 unspecified atom stereocenters. The van der Waals surface area contributed by atoms with Crippen molar-refractivity contribution < 1.29 is 14.3 Å². The van der Waals surface area contributed by atoms with E-state index in [0.717, 1.165) is 6.42 Å². The summed E-state index contributed by atoms with van der Waals surface area (Å²) in [5.74, 6) is 1.41. The molecule has 2 rings (SSSR count). The molecule has 1 N–H and O–H groups in total. The van der Waals surface area contributed by atoms with Crippen LogP contribution < -0.4 is 14.8 Å². The molecule has 0 saturated carbocycles. The number of nitrogens with zero attached hydrogens (tertiary/aromatic N) is 1. The first-order valence-corrected chi connectivity index (χ1v) is 8.16. The number of carbonyl (C=O) groups excluding carboxylic acids is 1. The van der Waals surface area contributed by atoms with Gasteiger partial charge in [-0.15, -0.1) is 0 Å². The maximum Gasteiger partial charge on any atom is 0.255 e. The van der Waals surface area contributed by atoms with Gasteiger partial charge in [0.2, 0.25) is 0 Å². The Bertz CT molecular complexity index is 779. The van der Waals surface area contributed by atoms with Gasteiger partial charge in [0.15, 0.2) is 11.5 Å². The molecule has 0 aliphatic carbocycles. The van der Waals surface area contributed by atoms with E-state index >= 15 is 0 Å². The molecule has 0 fully saturated rings. The highest BCUT2D eigenvalue weighted by atomic mass is 16.5. The Morgan fingerprint density at radius 3 is 2.68 bits per heavy atom. The van der Waals surface area contributed by atoms with Crippen LogP contribution in [0.5, 0.6) is 11.5 Å². The Hall–Kier alpha value is -3.00. The lowest BCUT2D eigenvalue weighted by Gasteiger charge is -2.13. The highest BCUT2D eigenvalue weighted by Crippen LogP contribution is 2.28. The number of benzene rings is 2. The average Bonchev–Trinajstić information content (AvgIpc) is 2.61. The number of nitriles is 1. The van der Waals surface area contributed by atoms with Crippen LogP contribution in [0.25, 0.3) is 0 Å². The molecule has 25 heavy (non-hydrogen) atoms. The van der Waals surface area contributed by atoms with Gasteiger partial charge < -0.3 is 14.8 Å². The van der Waals surface area contributed by atoms with E-state index in [4.69, 9.17) is 14.7 Å². The normalized spacial score (nSPS) is 10.2. The molecule has 2 aromatic rings. The largest absolute Gasteiger partial charge is 0.493 e. The van der Waals surface area contributed by atoms with Gasteiger partial charge in [-0.05, 0) is 48.7 Å². The first-order valence-electron chi connectivity index (χ1n) is 8.16. The number of carbonyl (C=O) groups is 1. The van der Waals surface area contributed by atoms with Crippen LogP contribution in [-0.4, -0.2) is 19.6 Å². The molecular weight excluding hydrogens is 316 g/mol. The molecule has 0 radical (unpaired) electrons. The minimum atomic E-state index is -0.276. The Labute approximate surface area is 148 Å². The standard InChI is InChI=1S/C20H22N2O3/c1-14(2)9-10-25-18-8-7-16(12-19(18)24-3)20(23)22-17-6-4-5-15(11-17)13-21/h4-8,11-12,14H,9-10H2,1-3H3,(H,22,23). The maximum absolute atomic E-state index is 12.4. The molecule has 5 nitrogen and oxygen atoms in total. The Morgan fingerprint density at radius 1 is 1.20 bits per heavy atom. The second-order valence-corrected chi connectivity index (χ2v) is 6.04. The molecule has 0 atom stereocenters. The van der Waals surface area contributed by atoms with Gasteiger partial charge in [0.1, 0.15) is 0 Å². The molecule has 0 heterocycles. The minimum Gasteiger partial charge on any atom is -0.493 e. The van der Waals surface area contributed by atoms with Crippen molar-refractivity contribution in [2.45, 2.75) is 20.3 Å². The highest BCUT2D eigenvalue weighted by Gasteiger charge is 2.12. The van der Waals surface area contributed by atoms with E-state index in [-0.39, 0.29) is 5.91 Å². The van der Waals surface area contributed by atoms with Crippen molar-refractivity contribution in [1.29, 1.82) is 5.26 Å². The van der Waals surface area contributed by atoms with Crippen LogP contribution in [0.1, 0.15) is 36.2 Å². The third-order valence-electron chi connectivity index (χ3n) is 3.63. The molecule has 0 aromatic heterocycles. The van der Waals surface area contributed by atoms with Crippen molar-refractivity contribution in [3.63, 3.8) is 0 Å². The van der Waals surface area contributed by atoms with E-state index in [1.807, 2.05) is 6.07 Å². The first-order chi connectivity index (χ1) is 12.0. The zero-order chi connectivity index (χ0) is 18.2. The van der Waals surface area contributed by atoms with Crippen molar-refractivity contribution in [1.82, 2.24) is 0 Å². The molecule has 2 aromatic carbocycles. The van der Waals surface area contributed by atoms with E-state index < -0.39 is 0 Å². The summed E-state index contributed by atoms with van der Waals surface area (Å²) in [5, 5.41) is 11.7. The number of anilines is 1. The molecule has 0 aliphatic rings. The summed E-state index contributed by atoms with van der Waals surface area (Å²) < 4.78 is 11.1. The topological polar surface area (TPSA) is 71.3 Å². The van der Waals surface area contributed by atoms with Crippen molar-refractivity contribution >= 4 is 11.6 Å². The molecule has 0 bridgehead atoms. The zero-order valence-electron chi connectivity index (χ0n) is 14.7.